The van der Waals surface area contributed by atoms with Gasteiger partial charge in [-0.3, -0.25) is 9.80 Å². The molecule has 11 nitrogen and oxygen atoms in total. The lowest BCUT2D eigenvalue weighted by molar-refractivity contribution is -0.00120. The zero-order valence-corrected chi connectivity index (χ0v) is 28.3. The highest BCUT2D eigenvalue weighted by atomic mass is 19.1. The van der Waals surface area contributed by atoms with Crippen molar-refractivity contribution >= 4 is 35.2 Å². The molecule has 1 fully saturated rings. The van der Waals surface area contributed by atoms with Crippen LogP contribution in [-0.2, 0) is 27.2 Å². The summed E-state index contributed by atoms with van der Waals surface area (Å²) >= 11 is 0. The van der Waals surface area contributed by atoms with E-state index < -0.39 is 29.1 Å². The Hall–Kier alpha value is -3.93. The minimum atomic E-state index is -1.43. The lowest BCUT2D eigenvalue weighted by Gasteiger charge is -2.30. The number of carbonyl (C=O) groups excluding carboxylic acids is 2. The van der Waals surface area contributed by atoms with Gasteiger partial charge in [0, 0.05) is 44.2 Å². The third-order valence-electron chi connectivity index (χ3n) is 8.03. The average molecular weight is 639 g/mol. The molecule has 2 aromatic heterocycles. The van der Waals surface area contributed by atoms with Crippen molar-refractivity contribution in [3.05, 3.63) is 47.2 Å². The highest BCUT2D eigenvalue weighted by Crippen LogP contribution is 2.35. The number of fused-ring (bicyclic) bond motifs is 2. The number of benzene rings is 1. The van der Waals surface area contributed by atoms with Crippen LogP contribution < -0.4 is 15.1 Å². The van der Waals surface area contributed by atoms with Crippen molar-refractivity contribution in [1.82, 2.24) is 14.6 Å². The van der Waals surface area contributed by atoms with Crippen LogP contribution in [0, 0.1) is 0 Å². The van der Waals surface area contributed by atoms with Gasteiger partial charge in [-0.2, -0.15) is 9.61 Å². The van der Waals surface area contributed by atoms with Gasteiger partial charge >= 0.3 is 12.2 Å². The summed E-state index contributed by atoms with van der Waals surface area (Å²) in [6, 6.07) is 7.43. The van der Waals surface area contributed by atoms with Crippen LogP contribution in [0.3, 0.4) is 0 Å². The monoisotopic (exact) mass is 638 g/mol. The van der Waals surface area contributed by atoms with Crippen LogP contribution in [-0.4, -0.2) is 70.0 Å². The number of ether oxygens (including phenoxy) is 3. The first kappa shape index (κ1) is 33.4. The van der Waals surface area contributed by atoms with Gasteiger partial charge in [0.2, 0.25) is 0 Å². The number of hydrogen-bond donors (Lipinski definition) is 1. The molecular weight excluding hydrogens is 591 g/mol. The lowest BCUT2D eigenvalue weighted by atomic mass is 9.96. The first-order valence-corrected chi connectivity index (χ1v) is 16.0. The quantitative estimate of drug-likeness (QED) is 0.294. The maximum atomic E-state index is 15.6. The minimum Gasteiger partial charge on any atom is -0.443 e. The molecule has 0 bridgehead atoms. The number of nitrogens with one attached hydrogen (secondary N) is 1. The summed E-state index contributed by atoms with van der Waals surface area (Å²) in [4.78, 5) is 35.1. The fraction of sp³-hybridized carbons (Fsp3) is 0.588. The number of amides is 2. The van der Waals surface area contributed by atoms with E-state index in [0.29, 0.717) is 56.3 Å². The second-order valence-corrected chi connectivity index (χ2v) is 14.5. The molecule has 0 aliphatic carbocycles. The molecule has 3 aromatic rings. The molecule has 2 aliphatic rings. The predicted octanol–water partition coefficient (Wildman–Crippen LogP) is 7.02. The van der Waals surface area contributed by atoms with E-state index in [-0.39, 0.29) is 19.0 Å². The number of nitrogens with zero attached hydrogens (tertiary/aromatic N) is 5. The number of alkyl halides is 1. The van der Waals surface area contributed by atoms with E-state index >= 15 is 4.39 Å². The Morgan fingerprint density at radius 2 is 1.80 bits per heavy atom. The zero-order chi connectivity index (χ0) is 33.4. The van der Waals surface area contributed by atoms with Crippen LogP contribution in [0.2, 0.25) is 0 Å². The van der Waals surface area contributed by atoms with Gasteiger partial charge in [-0.05, 0) is 71.1 Å². The first-order valence-electron chi connectivity index (χ1n) is 16.0. The van der Waals surface area contributed by atoms with E-state index in [9.17, 15) is 9.59 Å². The molecule has 2 aliphatic heterocycles. The molecule has 12 heteroatoms. The molecule has 0 saturated carbocycles. The molecule has 46 heavy (non-hydrogen) atoms. The van der Waals surface area contributed by atoms with E-state index in [2.05, 4.69) is 10.4 Å². The van der Waals surface area contributed by atoms with Crippen LogP contribution in [0.1, 0.15) is 90.8 Å². The van der Waals surface area contributed by atoms with Gasteiger partial charge in [0.25, 0.3) is 0 Å². The van der Waals surface area contributed by atoms with Crippen molar-refractivity contribution in [3.63, 3.8) is 0 Å². The van der Waals surface area contributed by atoms with Crippen LogP contribution in [0.5, 0.6) is 0 Å². The van der Waals surface area contributed by atoms with Gasteiger partial charge in [-0.15, -0.1) is 0 Å². The number of rotatable bonds is 7. The fourth-order valence-corrected chi connectivity index (χ4v) is 5.70. The van der Waals surface area contributed by atoms with Crippen LogP contribution >= 0.6 is 0 Å². The normalized spacial score (nSPS) is 16.4. The molecular formula is C34H47FN6O5. The number of halogens is 1. The molecule has 1 N–H and O–H groups in total. The SMILES string of the molecule is CC(C)c1cnn2c(N(Cc3cccc4c3CCN4C(=O)OC(C)(C)C)C(=O)OC(C)(C)C)cc(NCC3(F)CCOCC3)nc12. The Balaban J connectivity index is 1.56. The Morgan fingerprint density at radius 3 is 2.46 bits per heavy atom. The predicted molar refractivity (Wildman–Crippen MR) is 176 cm³/mol. The van der Waals surface area contributed by atoms with Crippen molar-refractivity contribution in [2.45, 2.75) is 104 Å². The maximum absolute atomic E-state index is 15.6. The summed E-state index contributed by atoms with van der Waals surface area (Å²) in [6.45, 7) is 16.5. The summed E-state index contributed by atoms with van der Waals surface area (Å²) in [5.41, 5.74) is 1.19. The van der Waals surface area contributed by atoms with Crippen LogP contribution in [0.15, 0.2) is 30.5 Å². The Labute approximate surface area is 270 Å². The van der Waals surface area contributed by atoms with Gasteiger partial charge in [-0.25, -0.2) is 19.0 Å². The second-order valence-electron chi connectivity index (χ2n) is 14.5. The second kappa shape index (κ2) is 12.7. The van der Waals surface area contributed by atoms with E-state index in [4.69, 9.17) is 19.2 Å². The molecule has 0 radical (unpaired) electrons. The third kappa shape index (κ3) is 7.54. The minimum absolute atomic E-state index is 0.0588. The van der Waals surface area contributed by atoms with Gasteiger partial charge in [-0.1, -0.05) is 26.0 Å². The smallest absolute Gasteiger partial charge is 0.416 e. The van der Waals surface area contributed by atoms with Crippen LogP contribution in [0.25, 0.3) is 5.65 Å². The maximum Gasteiger partial charge on any atom is 0.416 e. The van der Waals surface area contributed by atoms with Crippen molar-refractivity contribution in [1.29, 1.82) is 0 Å². The molecule has 4 heterocycles. The molecule has 0 atom stereocenters. The Kier molecular flexibility index (Phi) is 9.23. The number of anilines is 3. The third-order valence-corrected chi connectivity index (χ3v) is 8.03. The summed E-state index contributed by atoms with van der Waals surface area (Å²) < 4.78 is 34.2. The van der Waals surface area contributed by atoms with E-state index in [0.717, 1.165) is 22.4 Å². The largest absolute Gasteiger partial charge is 0.443 e. The van der Waals surface area contributed by atoms with Crippen molar-refractivity contribution in [2.24, 2.45) is 0 Å². The van der Waals surface area contributed by atoms with Gasteiger partial charge in [0.15, 0.2) is 5.65 Å². The zero-order valence-electron chi connectivity index (χ0n) is 28.3. The highest BCUT2D eigenvalue weighted by molar-refractivity contribution is 5.92. The van der Waals surface area contributed by atoms with Gasteiger partial charge in [0.1, 0.15) is 28.5 Å². The van der Waals surface area contributed by atoms with Crippen molar-refractivity contribution in [3.8, 4) is 0 Å². The van der Waals surface area contributed by atoms with Crippen molar-refractivity contribution < 1.29 is 28.2 Å². The van der Waals surface area contributed by atoms with Crippen molar-refractivity contribution in [2.75, 3.05) is 41.4 Å². The molecule has 1 saturated heterocycles. The summed E-state index contributed by atoms with van der Waals surface area (Å²) in [5.74, 6) is 0.951. The molecule has 5 rings (SSSR count). The van der Waals surface area contributed by atoms with E-state index in [1.807, 2.05) is 73.6 Å². The van der Waals surface area contributed by atoms with E-state index in [1.54, 1.807) is 21.7 Å². The Morgan fingerprint density at radius 1 is 1.11 bits per heavy atom. The summed E-state index contributed by atoms with van der Waals surface area (Å²) in [5, 5.41) is 7.85. The number of aromatic nitrogens is 3. The van der Waals surface area contributed by atoms with Crippen LogP contribution in [0.4, 0.5) is 31.3 Å². The molecule has 250 valence electrons. The molecule has 2 amide bonds. The van der Waals surface area contributed by atoms with Gasteiger partial charge in [0.05, 0.1) is 25.0 Å². The average Bonchev–Trinajstić information content (AvgIpc) is 3.58. The summed E-state index contributed by atoms with van der Waals surface area (Å²) in [6.07, 6.45) is 1.96. The standard InChI is InChI=1S/C34H47FN6O5/c1-22(2)25-19-37-41-28(18-27(38-29(25)41)36-21-34(35)13-16-44-17-14-34)40(31(43)46-33(6,7)8)20-23-10-9-11-26-24(23)12-15-39(26)30(42)45-32(3,4)5/h9-11,18-19,22H,12-17,20-21H2,1-8H3,(H,36,38). The molecule has 0 unspecified atom stereocenters. The topological polar surface area (TPSA) is 111 Å². The van der Waals surface area contributed by atoms with E-state index in [1.165, 1.54) is 4.90 Å². The lowest BCUT2D eigenvalue weighted by Crippen LogP contribution is -2.39. The van der Waals surface area contributed by atoms with Gasteiger partial charge < -0.3 is 19.5 Å². The summed E-state index contributed by atoms with van der Waals surface area (Å²) in [7, 11) is 0. The Bertz CT molecular complexity index is 1590. The number of carbonyl (C=O) groups is 2. The number of hydrogen-bond acceptors (Lipinski definition) is 8. The molecule has 1 aromatic carbocycles. The molecule has 0 spiro atoms. The fourth-order valence-electron chi connectivity index (χ4n) is 5.70. The highest BCUT2D eigenvalue weighted by Gasteiger charge is 2.34. The first-order chi connectivity index (χ1) is 21.5.